The summed E-state index contributed by atoms with van der Waals surface area (Å²) in [6, 6.07) is 52.8. The molecule has 0 bridgehead atoms. The molecule has 11 rings (SSSR count). The molecule has 65 heavy (non-hydrogen) atoms. The number of hydrogen-bond donors (Lipinski definition) is 0. The Balaban J connectivity index is 1.30. The Labute approximate surface area is 389 Å². The largest absolute Gasteiger partial charge is 0.375 e. The van der Waals surface area contributed by atoms with Crippen LogP contribution in [-0.2, 0) is 21.7 Å². The first-order valence-electron chi connectivity index (χ1n) is 23.9. The molecule has 3 aliphatic rings. The number of benzene rings is 7. The number of aromatic nitrogens is 1. The maximum absolute atomic E-state index is 2.75. The Morgan fingerprint density at radius 1 is 0.462 bits per heavy atom. The zero-order valence-electron chi connectivity index (χ0n) is 41.1. The average molecular weight is 866 g/mol. The van der Waals surface area contributed by atoms with E-state index in [4.69, 9.17) is 0 Å². The van der Waals surface area contributed by atoms with Crippen LogP contribution in [0.1, 0.15) is 105 Å². The van der Waals surface area contributed by atoms with Crippen LogP contribution in [0.2, 0.25) is 13.1 Å². The fraction of sp³-hybridized carbons (Fsp3) is 0.300. The fourth-order valence-corrected chi connectivity index (χ4v) is 14.3. The third-order valence-electron chi connectivity index (χ3n) is 15.2. The van der Waals surface area contributed by atoms with Crippen LogP contribution in [0.5, 0.6) is 0 Å². The van der Waals surface area contributed by atoms with Gasteiger partial charge in [0.05, 0.1) is 0 Å². The van der Waals surface area contributed by atoms with E-state index >= 15 is 0 Å². The SMILES string of the molecule is CC(C)(C)c1ccc(N(c2ccc(C(C)(C)C)cc2)c2cc3c4c(c2)N2c5ccccc5[Si](C)(C)c5cccc(c52)B4n2c4ccc(C(C)(C)C)cc4c4cc(C(C)(C)C)cc-3c42)cc1. The van der Waals surface area contributed by atoms with Gasteiger partial charge in [0.2, 0.25) is 0 Å². The highest BCUT2D eigenvalue weighted by Gasteiger charge is 2.49. The van der Waals surface area contributed by atoms with Crippen LogP contribution in [-0.4, -0.2) is 19.4 Å². The van der Waals surface area contributed by atoms with Crippen LogP contribution in [0.4, 0.5) is 34.1 Å². The minimum atomic E-state index is -2.12. The number of hydrogen-bond acceptors (Lipinski definition) is 2. The summed E-state index contributed by atoms with van der Waals surface area (Å²) in [5.74, 6) is 0. The van der Waals surface area contributed by atoms with Crippen molar-refractivity contribution < 1.29 is 0 Å². The zero-order valence-corrected chi connectivity index (χ0v) is 42.1. The van der Waals surface area contributed by atoms with Crippen molar-refractivity contribution >= 4 is 92.2 Å². The van der Waals surface area contributed by atoms with E-state index in [-0.39, 0.29) is 28.5 Å². The van der Waals surface area contributed by atoms with E-state index in [1.165, 1.54) is 99.2 Å². The summed E-state index contributed by atoms with van der Waals surface area (Å²) in [7, 11) is -2.12. The summed E-state index contributed by atoms with van der Waals surface area (Å²) in [6.45, 7) is 33.1. The first-order chi connectivity index (χ1) is 30.5. The highest BCUT2D eigenvalue weighted by Crippen LogP contribution is 2.50. The third kappa shape index (κ3) is 6.20. The lowest BCUT2D eigenvalue weighted by Crippen LogP contribution is -2.65. The molecule has 0 atom stereocenters. The molecule has 7 aromatic carbocycles. The van der Waals surface area contributed by atoms with Gasteiger partial charge in [0.25, 0.3) is 0 Å². The Kier molecular flexibility index (Phi) is 8.79. The molecule has 0 saturated carbocycles. The van der Waals surface area contributed by atoms with E-state index in [1.54, 1.807) is 0 Å². The van der Waals surface area contributed by atoms with E-state index < -0.39 is 8.07 Å². The second kappa shape index (κ2) is 13.6. The second-order valence-corrected chi connectivity index (χ2v) is 28.3. The first-order valence-corrected chi connectivity index (χ1v) is 26.9. The van der Waals surface area contributed by atoms with Gasteiger partial charge in [-0.3, -0.25) is 0 Å². The van der Waals surface area contributed by atoms with Gasteiger partial charge in [-0.15, -0.1) is 0 Å². The first kappa shape index (κ1) is 41.9. The molecule has 0 aliphatic carbocycles. The summed E-state index contributed by atoms with van der Waals surface area (Å²) in [4.78, 5) is 5.20. The summed E-state index contributed by atoms with van der Waals surface area (Å²) >= 11 is 0. The molecule has 0 unspecified atom stereocenters. The standard InChI is InChI=1S/C60H64BN3Si/c1-57(2,3)37-22-27-41(28-23-37)62(42-29-24-38(25-30-42)58(4,5)6)43-35-45-47-34-40(60(10,11)12)33-46-44-32-39(59(7,8)9)26-31-49(44)64(55(46)47)61-48-18-17-21-53-56(48)63(51(36-43)54(45)61)50-19-15-16-20-52(50)65(53,13)14/h15-36H,1-14H3. The van der Waals surface area contributed by atoms with Gasteiger partial charge in [-0.25, -0.2) is 0 Å². The summed E-state index contributed by atoms with van der Waals surface area (Å²) < 4.78 is 2.75. The summed E-state index contributed by atoms with van der Waals surface area (Å²) in [5.41, 5.74) is 21.0. The lowest BCUT2D eigenvalue weighted by molar-refractivity contribution is 0.590. The Morgan fingerprint density at radius 2 is 1.02 bits per heavy atom. The Morgan fingerprint density at radius 3 is 1.62 bits per heavy atom. The summed E-state index contributed by atoms with van der Waals surface area (Å²) in [6.07, 6.45) is 0. The van der Waals surface area contributed by atoms with E-state index in [0.717, 1.165) is 11.4 Å². The van der Waals surface area contributed by atoms with Crippen molar-refractivity contribution in [3.63, 3.8) is 0 Å². The quantitative estimate of drug-likeness (QED) is 0.164. The van der Waals surface area contributed by atoms with E-state index in [9.17, 15) is 0 Å². The smallest absolute Gasteiger partial charge is 0.333 e. The van der Waals surface area contributed by atoms with Crippen molar-refractivity contribution in [3.05, 3.63) is 156 Å². The average Bonchev–Trinajstić information content (AvgIpc) is 3.57. The molecule has 8 aromatic rings. The molecule has 5 heteroatoms. The van der Waals surface area contributed by atoms with E-state index in [1.807, 2.05) is 0 Å². The van der Waals surface area contributed by atoms with Crippen LogP contribution in [0.25, 0.3) is 32.9 Å². The van der Waals surface area contributed by atoms with Crippen LogP contribution < -0.4 is 31.1 Å². The Bertz CT molecular complexity index is 3210. The monoisotopic (exact) mass is 865 g/mol. The van der Waals surface area contributed by atoms with Crippen molar-refractivity contribution in [2.24, 2.45) is 0 Å². The van der Waals surface area contributed by atoms with Gasteiger partial charge >= 0.3 is 6.85 Å². The zero-order chi connectivity index (χ0) is 45.9. The topological polar surface area (TPSA) is 11.4 Å². The van der Waals surface area contributed by atoms with Gasteiger partial charge in [-0.1, -0.05) is 163 Å². The minimum Gasteiger partial charge on any atom is -0.375 e. The van der Waals surface area contributed by atoms with Crippen molar-refractivity contribution in [1.29, 1.82) is 0 Å². The lowest BCUT2D eigenvalue weighted by atomic mass is 9.45. The van der Waals surface area contributed by atoms with E-state index in [0.29, 0.717) is 0 Å². The predicted molar refractivity (Wildman–Crippen MR) is 286 cm³/mol. The molecule has 0 radical (unpaired) electrons. The van der Waals surface area contributed by atoms with Crippen LogP contribution >= 0.6 is 0 Å². The van der Waals surface area contributed by atoms with Crippen molar-refractivity contribution in [1.82, 2.24) is 4.48 Å². The normalized spacial score (nSPS) is 15.0. The maximum atomic E-state index is 2.75. The molecular weight excluding hydrogens is 802 g/mol. The summed E-state index contributed by atoms with van der Waals surface area (Å²) in [5, 5.41) is 5.70. The number of fused-ring (bicyclic) bond motifs is 9. The molecule has 1 aromatic heterocycles. The van der Waals surface area contributed by atoms with Crippen molar-refractivity contribution in [3.8, 4) is 11.1 Å². The second-order valence-electron chi connectivity index (χ2n) is 24.0. The van der Waals surface area contributed by atoms with E-state index in [2.05, 4.69) is 244 Å². The van der Waals surface area contributed by atoms with Crippen LogP contribution in [0, 0.1) is 0 Å². The molecule has 326 valence electrons. The van der Waals surface area contributed by atoms with Gasteiger partial charge in [0, 0.05) is 61.5 Å². The van der Waals surface area contributed by atoms with Gasteiger partial charge in [0.1, 0.15) is 8.07 Å². The number of rotatable bonds is 3. The van der Waals surface area contributed by atoms with Crippen molar-refractivity contribution in [2.45, 2.75) is 118 Å². The molecule has 0 amide bonds. The third-order valence-corrected chi connectivity index (χ3v) is 18.7. The highest BCUT2D eigenvalue weighted by molar-refractivity contribution is 7.04. The number of para-hydroxylation sites is 2. The molecule has 0 spiro atoms. The number of nitrogens with zero attached hydrogens (tertiary/aromatic N) is 3. The number of anilines is 6. The molecule has 0 saturated heterocycles. The van der Waals surface area contributed by atoms with Gasteiger partial charge in [-0.05, 0) is 138 Å². The predicted octanol–water partition coefficient (Wildman–Crippen LogP) is 14.0. The molecule has 3 nitrogen and oxygen atoms in total. The van der Waals surface area contributed by atoms with Gasteiger partial charge in [-0.2, -0.15) is 0 Å². The molecule has 4 heterocycles. The Hall–Kier alpha value is -5.78. The minimum absolute atomic E-state index is 0.00521. The van der Waals surface area contributed by atoms with Crippen molar-refractivity contribution in [2.75, 3.05) is 9.80 Å². The van der Waals surface area contributed by atoms with Crippen LogP contribution in [0.15, 0.2) is 133 Å². The van der Waals surface area contributed by atoms with Gasteiger partial charge in [0.15, 0.2) is 0 Å². The molecule has 0 fully saturated rings. The molecule has 3 aliphatic heterocycles. The van der Waals surface area contributed by atoms with Gasteiger partial charge < -0.3 is 14.3 Å². The molecular formula is C60H64BN3Si. The fourth-order valence-electron chi connectivity index (χ4n) is 11.3. The highest BCUT2D eigenvalue weighted by atomic mass is 28.3. The lowest BCUT2D eigenvalue weighted by Gasteiger charge is -2.48. The maximum Gasteiger partial charge on any atom is 0.333 e. The molecule has 0 N–H and O–H groups in total. The van der Waals surface area contributed by atoms with Crippen LogP contribution in [0.3, 0.4) is 0 Å².